The van der Waals surface area contributed by atoms with Crippen molar-refractivity contribution in [2.24, 2.45) is 5.10 Å². The van der Waals surface area contributed by atoms with Gasteiger partial charge in [0.15, 0.2) is 5.69 Å². The predicted molar refractivity (Wildman–Crippen MR) is 136 cm³/mol. The highest BCUT2D eigenvalue weighted by molar-refractivity contribution is 5.98. The summed E-state index contributed by atoms with van der Waals surface area (Å²) in [6, 6.07) is 24.8. The lowest BCUT2D eigenvalue weighted by Gasteiger charge is -2.06. The van der Waals surface area contributed by atoms with E-state index in [1.165, 1.54) is 10.9 Å². The highest BCUT2D eigenvalue weighted by Crippen LogP contribution is 2.26. The Kier molecular flexibility index (Phi) is 6.66. The first-order valence-electron chi connectivity index (χ1n) is 11.3. The second-order valence-electron chi connectivity index (χ2n) is 8.08. The van der Waals surface area contributed by atoms with Gasteiger partial charge in [0.2, 0.25) is 11.6 Å². The van der Waals surface area contributed by atoms with Crippen LogP contribution in [0.1, 0.15) is 27.2 Å². The van der Waals surface area contributed by atoms with Gasteiger partial charge in [-0.2, -0.15) is 9.78 Å². The number of hydrazone groups is 1. The molecule has 5 aromatic rings. The Balaban J connectivity index is 1.30. The van der Waals surface area contributed by atoms with Crippen LogP contribution in [-0.4, -0.2) is 37.4 Å². The molecule has 0 bridgehead atoms. The number of carbonyl (C=O) groups excluding carboxylic acids is 1. The Morgan fingerprint density at radius 2 is 1.81 bits per heavy atom. The van der Waals surface area contributed by atoms with E-state index in [1.807, 2.05) is 85.8 Å². The number of nitrogen functional groups attached to an aromatic ring is 1. The van der Waals surface area contributed by atoms with Crippen molar-refractivity contribution in [1.82, 2.24) is 30.7 Å². The van der Waals surface area contributed by atoms with Crippen LogP contribution in [0, 0.1) is 6.92 Å². The molecular formula is C26H22N8O3. The van der Waals surface area contributed by atoms with E-state index in [1.54, 1.807) is 0 Å². The molecule has 0 unspecified atom stereocenters. The lowest BCUT2D eigenvalue weighted by Crippen LogP contribution is -2.19. The van der Waals surface area contributed by atoms with E-state index in [0.717, 1.165) is 22.4 Å². The number of aryl methyl sites for hydroxylation is 1. The van der Waals surface area contributed by atoms with Crippen molar-refractivity contribution >= 4 is 17.9 Å². The average Bonchev–Trinajstić information content (AvgIpc) is 3.55. The van der Waals surface area contributed by atoms with E-state index < -0.39 is 5.91 Å². The van der Waals surface area contributed by atoms with E-state index in [9.17, 15) is 4.79 Å². The standard InChI is InChI=1S/C26H22N8O3/c1-17-7-11-20(12-8-17)23-22(29-33-34(23)25-24(27)31-37-32-25)26(35)30-28-15-18-9-13-21(14-10-18)36-16-19-5-3-2-4-6-19/h2-15H,16H2,1H3,(H2,27,31)(H,30,35)/b28-15+. The molecule has 0 spiro atoms. The topological polar surface area (TPSA) is 146 Å². The summed E-state index contributed by atoms with van der Waals surface area (Å²) in [6.07, 6.45) is 1.52. The average molecular weight is 495 g/mol. The van der Waals surface area contributed by atoms with Crippen molar-refractivity contribution in [2.75, 3.05) is 5.73 Å². The number of nitrogens with zero attached hydrogens (tertiary/aromatic N) is 6. The van der Waals surface area contributed by atoms with Gasteiger partial charge in [-0.05, 0) is 52.6 Å². The first-order valence-corrected chi connectivity index (χ1v) is 11.3. The van der Waals surface area contributed by atoms with Crippen molar-refractivity contribution in [3.63, 3.8) is 0 Å². The second kappa shape index (κ2) is 10.5. The predicted octanol–water partition coefficient (Wildman–Crippen LogP) is 3.55. The molecule has 0 saturated carbocycles. The number of nitrogens with two attached hydrogens (primary N) is 1. The molecular weight excluding hydrogens is 472 g/mol. The lowest BCUT2D eigenvalue weighted by atomic mass is 10.1. The van der Waals surface area contributed by atoms with Crippen LogP contribution in [0.2, 0.25) is 0 Å². The van der Waals surface area contributed by atoms with Gasteiger partial charge in [-0.3, -0.25) is 4.79 Å². The van der Waals surface area contributed by atoms with Crippen LogP contribution in [0.5, 0.6) is 5.75 Å². The van der Waals surface area contributed by atoms with E-state index >= 15 is 0 Å². The van der Waals surface area contributed by atoms with Crippen molar-refractivity contribution < 1.29 is 14.2 Å². The van der Waals surface area contributed by atoms with Gasteiger partial charge >= 0.3 is 0 Å². The molecule has 11 heteroatoms. The fourth-order valence-corrected chi connectivity index (χ4v) is 3.50. The summed E-state index contributed by atoms with van der Waals surface area (Å²) < 4.78 is 11.8. The largest absolute Gasteiger partial charge is 0.489 e. The number of ether oxygens (including phenoxy) is 1. The van der Waals surface area contributed by atoms with E-state index in [0.29, 0.717) is 17.9 Å². The summed E-state index contributed by atoms with van der Waals surface area (Å²) in [4.78, 5) is 13.0. The Labute approximate surface area is 211 Å². The molecule has 0 radical (unpaired) electrons. The fraction of sp³-hybridized carbons (Fsp3) is 0.0769. The summed E-state index contributed by atoms with van der Waals surface area (Å²) in [5.74, 6) is 0.307. The summed E-state index contributed by atoms with van der Waals surface area (Å²) in [7, 11) is 0. The first kappa shape index (κ1) is 23.4. The third-order valence-corrected chi connectivity index (χ3v) is 5.41. The van der Waals surface area contributed by atoms with Crippen LogP contribution < -0.4 is 15.9 Å². The highest BCUT2D eigenvalue weighted by Gasteiger charge is 2.25. The number of rotatable bonds is 8. The number of aromatic nitrogens is 5. The molecule has 0 saturated heterocycles. The number of hydrogen-bond acceptors (Lipinski definition) is 9. The van der Waals surface area contributed by atoms with Gasteiger partial charge in [0, 0.05) is 5.56 Å². The molecule has 2 aromatic heterocycles. The molecule has 0 atom stereocenters. The lowest BCUT2D eigenvalue weighted by molar-refractivity contribution is 0.0950. The fourth-order valence-electron chi connectivity index (χ4n) is 3.50. The molecule has 1 amide bonds. The third-order valence-electron chi connectivity index (χ3n) is 5.41. The van der Waals surface area contributed by atoms with Crippen LogP contribution in [0.15, 0.2) is 88.6 Å². The Morgan fingerprint density at radius 1 is 1.05 bits per heavy atom. The van der Waals surface area contributed by atoms with Crippen LogP contribution in [0.4, 0.5) is 5.82 Å². The zero-order chi connectivity index (χ0) is 25.6. The molecule has 0 aliphatic heterocycles. The Morgan fingerprint density at radius 3 is 2.51 bits per heavy atom. The number of amides is 1. The maximum absolute atomic E-state index is 13.0. The van der Waals surface area contributed by atoms with Gasteiger partial charge < -0.3 is 10.5 Å². The van der Waals surface area contributed by atoms with Gasteiger partial charge in [0.05, 0.1) is 6.21 Å². The van der Waals surface area contributed by atoms with E-state index in [2.05, 4.69) is 31.2 Å². The van der Waals surface area contributed by atoms with Crippen LogP contribution >= 0.6 is 0 Å². The SMILES string of the molecule is Cc1ccc(-c2c(C(=O)N/N=C/c3ccc(OCc4ccccc4)cc3)nnn2-c2nonc2N)cc1. The van der Waals surface area contributed by atoms with Gasteiger partial charge in [-0.25, -0.2) is 10.1 Å². The molecule has 0 aliphatic carbocycles. The van der Waals surface area contributed by atoms with Crippen LogP contribution in [0.3, 0.4) is 0 Å². The number of carbonyl (C=O) groups is 1. The van der Waals surface area contributed by atoms with E-state index in [-0.39, 0.29) is 17.3 Å². The van der Waals surface area contributed by atoms with Crippen molar-refractivity contribution in [3.8, 4) is 22.8 Å². The third kappa shape index (κ3) is 5.35. The minimum atomic E-state index is -0.559. The van der Waals surface area contributed by atoms with Crippen molar-refractivity contribution in [1.29, 1.82) is 0 Å². The normalized spacial score (nSPS) is 11.1. The zero-order valence-electron chi connectivity index (χ0n) is 19.8. The van der Waals surface area contributed by atoms with Gasteiger partial charge in [0.25, 0.3) is 5.91 Å². The minimum absolute atomic E-state index is 0.0134. The molecule has 0 fully saturated rings. The first-order chi connectivity index (χ1) is 18.1. The number of nitrogens with one attached hydrogen (secondary N) is 1. The molecule has 0 aliphatic rings. The maximum atomic E-state index is 13.0. The zero-order valence-corrected chi connectivity index (χ0v) is 19.8. The molecule has 37 heavy (non-hydrogen) atoms. The summed E-state index contributed by atoms with van der Waals surface area (Å²) in [5.41, 5.74) is 12.3. The maximum Gasteiger partial charge on any atom is 0.294 e. The molecule has 3 N–H and O–H groups in total. The molecule has 3 aromatic carbocycles. The van der Waals surface area contributed by atoms with Crippen LogP contribution in [0.25, 0.3) is 17.1 Å². The molecule has 184 valence electrons. The van der Waals surface area contributed by atoms with Gasteiger partial charge in [-0.15, -0.1) is 5.10 Å². The summed E-state index contributed by atoms with van der Waals surface area (Å²) in [6.45, 7) is 2.44. The minimum Gasteiger partial charge on any atom is -0.489 e. The van der Waals surface area contributed by atoms with E-state index in [4.69, 9.17) is 15.1 Å². The Bertz CT molecular complexity index is 1520. The summed E-state index contributed by atoms with van der Waals surface area (Å²) >= 11 is 0. The van der Waals surface area contributed by atoms with Crippen molar-refractivity contribution in [2.45, 2.75) is 13.5 Å². The highest BCUT2D eigenvalue weighted by atomic mass is 16.6. The molecule has 2 heterocycles. The molecule has 11 nitrogen and oxygen atoms in total. The monoisotopic (exact) mass is 494 g/mol. The van der Waals surface area contributed by atoms with Crippen LogP contribution in [-0.2, 0) is 6.61 Å². The van der Waals surface area contributed by atoms with Gasteiger partial charge in [0.1, 0.15) is 18.1 Å². The number of anilines is 1. The van der Waals surface area contributed by atoms with Crippen molar-refractivity contribution in [3.05, 3.63) is 101 Å². The second-order valence-corrected chi connectivity index (χ2v) is 8.08. The number of benzene rings is 3. The quantitative estimate of drug-likeness (QED) is 0.246. The summed E-state index contributed by atoms with van der Waals surface area (Å²) in [5, 5.41) is 19.5. The number of hydrogen-bond donors (Lipinski definition) is 2. The smallest absolute Gasteiger partial charge is 0.294 e. The van der Waals surface area contributed by atoms with Gasteiger partial charge in [-0.1, -0.05) is 65.4 Å². The Hall–Kier alpha value is -5.32. The molecule has 5 rings (SSSR count).